The van der Waals surface area contributed by atoms with Gasteiger partial charge in [-0.15, -0.1) is 0 Å². The number of rotatable bonds is 6. The highest BCUT2D eigenvalue weighted by Gasteiger charge is 2.44. The van der Waals surface area contributed by atoms with Gasteiger partial charge in [0.25, 0.3) is 5.89 Å². The molecule has 1 saturated carbocycles. The fourth-order valence-electron chi connectivity index (χ4n) is 4.02. The van der Waals surface area contributed by atoms with E-state index in [2.05, 4.69) is 44.5 Å². The van der Waals surface area contributed by atoms with Crippen molar-refractivity contribution in [3.05, 3.63) is 60.4 Å². The molecule has 158 valence electrons. The van der Waals surface area contributed by atoms with Crippen molar-refractivity contribution in [3.8, 4) is 22.6 Å². The number of aliphatic hydroxyl groups is 1. The van der Waals surface area contributed by atoms with E-state index < -0.39 is 6.10 Å². The summed E-state index contributed by atoms with van der Waals surface area (Å²) in [4.78, 5) is 12.8. The average molecular weight is 417 g/mol. The molecule has 0 radical (unpaired) electrons. The molecule has 0 amide bonds. The van der Waals surface area contributed by atoms with Crippen molar-refractivity contribution in [2.75, 3.05) is 5.73 Å². The van der Waals surface area contributed by atoms with Gasteiger partial charge in [0.05, 0.1) is 29.8 Å². The summed E-state index contributed by atoms with van der Waals surface area (Å²) in [5.41, 5.74) is 9.19. The molecular weight excluding hydrogens is 394 g/mol. The Morgan fingerprint density at radius 3 is 2.48 bits per heavy atom. The molecule has 1 atom stereocenters. The maximum Gasteiger partial charge on any atom is 0.261 e. The van der Waals surface area contributed by atoms with Crippen molar-refractivity contribution in [1.29, 1.82) is 0 Å². The van der Waals surface area contributed by atoms with Gasteiger partial charge in [0.1, 0.15) is 0 Å². The number of hydrogen-bond acceptors (Lipinski definition) is 8. The Labute approximate surface area is 179 Å². The monoisotopic (exact) mass is 417 g/mol. The van der Waals surface area contributed by atoms with Crippen LogP contribution in [-0.2, 0) is 12.0 Å². The zero-order chi connectivity index (χ0) is 21.4. The Morgan fingerprint density at radius 1 is 1.10 bits per heavy atom. The van der Waals surface area contributed by atoms with Gasteiger partial charge < -0.3 is 15.4 Å². The molecule has 3 N–H and O–H groups in total. The molecule has 1 aromatic carbocycles. The Kier molecular flexibility index (Phi) is 4.74. The number of benzene rings is 1. The van der Waals surface area contributed by atoms with E-state index in [0.717, 1.165) is 41.5 Å². The number of nitrogen functional groups attached to an aromatic ring is 1. The van der Waals surface area contributed by atoms with Crippen molar-refractivity contribution >= 4 is 5.95 Å². The average Bonchev–Trinajstić information content (AvgIpc) is 3.38. The lowest BCUT2D eigenvalue weighted by Crippen LogP contribution is -2.36. The minimum Gasteiger partial charge on any atom is -0.391 e. The van der Waals surface area contributed by atoms with Crippen molar-refractivity contribution in [2.45, 2.75) is 44.2 Å². The zero-order valence-corrected chi connectivity index (χ0v) is 17.1. The standard InChI is InChI=1S/C22H23N7O2/c1-14(30)12-29-13-17(11-26-29)19-27-20(28-31-19)22(7-2-8-22)18-5-3-15(4-6-18)16-9-24-21(23)25-10-16/h3-6,9-11,13-14,30H,2,7-8,12H2,1H3,(H2,23,24,25). The van der Waals surface area contributed by atoms with Gasteiger partial charge in [-0.2, -0.15) is 10.1 Å². The highest BCUT2D eigenvalue weighted by Crippen LogP contribution is 2.48. The third-order valence-corrected chi connectivity index (χ3v) is 5.84. The smallest absolute Gasteiger partial charge is 0.261 e. The number of hydrogen-bond donors (Lipinski definition) is 2. The maximum absolute atomic E-state index is 9.54. The zero-order valence-electron chi connectivity index (χ0n) is 17.1. The summed E-state index contributed by atoms with van der Waals surface area (Å²) in [6, 6.07) is 8.35. The predicted octanol–water partition coefficient (Wildman–Crippen LogP) is 2.82. The van der Waals surface area contributed by atoms with Gasteiger partial charge >= 0.3 is 0 Å². The number of aromatic nitrogens is 6. The molecular formula is C22H23N7O2. The quantitative estimate of drug-likeness (QED) is 0.490. The Hall–Kier alpha value is -3.59. The van der Waals surface area contributed by atoms with Crippen LogP contribution >= 0.6 is 0 Å². The van der Waals surface area contributed by atoms with Gasteiger partial charge in [0, 0.05) is 24.2 Å². The largest absolute Gasteiger partial charge is 0.391 e. The Bertz CT molecular complexity index is 1180. The lowest BCUT2D eigenvalue weighted by Gasteiger charge is -2.39. The Balaban J connectivity index is 1.41. The van der Waals surface area contributed by atoms with E-state index in [1.165, 1.54) is 0 Å². The molecule has 0 bridgehead atoms. The topological polar surface area (TPSA) is 129 Å². The molecule has 1 fully saturated rings. The van der Waals surface area contributed by atoms with Crippen LogP contribution < -0.4 is 5.73 Å². The molecule has 31 heavy (non-hydrogen) atoms. The summed E-state index contributed by atoms with van der Waals surface area (Å²) in [5.74, 6) is 1.40. The Morgan fingerprint density at radius 2 is 1.84 bits per heavy atom. The summed E-state index contributed by atoms with van der Waals surface area (Å²) in [6.07, 6.45) is 9.50. The summed E-state index contributed by atoms with van der Waals surface area (Å²) in [5, 5.41) is 18.1. The van der Waals surface area contributed by atoms with Crippen LogP contribution in [0.5, 0.6) is 0 Å². The molecule has 4 aromatic rings. The molecule has 1 aliphatic carbocycles. The molecule has 5 rings (SSSR count). The predicted molar refractivity (Wildman–Crippen MR) is 114 cm³/mol. The second-order valence-electron chi connectivity index (χ2n) is 8.07. The molecule has 0 saturated heterocycles. The first-order valence-corrected chi connectivity index (χ1v) is 10.3. The van der Waals surface area contributed by atoms with Crippen LogP contribution in [0.1, 0.15) is 37.6 Å². The summed E-state index contributed by atoms with van der Waals surface area (Å²) in [7, 11) is 0. The van der Waals surface area contributed by atoms with Gasteiger partial charge in [-0.25, -0.2) is 9.97 Å². The first kappa shape index (κ1) is 19.4. The van der Waals surface area contributed by atoms with Crippen LogP contribution in [0.25, 0.3) is 22.6 Å². The molecule has 1 aliphatic rings. The van der Waals surface area contributed by atoms with Gasteiger partial charge in [0.2, 0.25) is 5.95 Å². The van der Waals surface area contributed by atoms with Gasteiger partial charge in [-0.3, -0.25) is 4.68 Å². The molecule has 9 nitrogen and oxygen atoms in total. The van der Waals surface area contributed by atoms with Gasteiger partial charge in [-0.1, -0.05) is 35.8 Å². The van der Waals surface area contributed by atoms with E-state index in [1.807, 2.05) is 0 Å². The van der Waals surface area contributed by atoms with E-state index >= 15 is 0 Å². The van der Waals surface area contributed by atoms with E-state index in [1.54, 1.807) is 36.4 Å². The van der Waals surface area contributed by atoms with E-state index in [9.17, 15) is 5.11 Å². The van der Waals surface area contributed by atoms with Crippen LogP contribution in [0.2, 0.25) is 0 Å². The van der Waals surface area contributed by atoms with Crippen LogP contribution in [-0.4, -0.2) is 41.1 Å². The first-order valence-electron chi connectivity index (χ1n) is 10.3. The van der Waals surface area contributed by atoms with Crippen molar-refractivity contribution < 1.29 is 9.63 Å². The van der Waals surface area contributed by atoms with Gasteiger partial charge in [-0.05, 0) is 30.9 Å². The summed E-state index contributed by atoms with van der Waals surface area (Å²) >= 11 is 0. The second kappa shape index (κ2) is 7.59. The van der Waals surface area contributed by atoms with Crippen LogP contribution in [0.15, 0.2) is 53.6 Å². The van der Waals surface area contributed by atoms with E-state index in [4.69, 9.17) is 15.2 Å². The molecule has 3 heterocycles. The molecule has 1 unspecified atom stereocenters. The summed E-state index contributed by atoms with van der Waals surface area (Å²) in [6.45, 7) is 2.13. The van der Waals surface area contributed by atoms with Crippen molar-refractivity contribution in [2.24, 2.45) is 0 Å². The van der Waals surface area contributed by atoms with E-state index in [0.29, 0.717) is 18.3 Å². The number of nitrogens with two attached hydrogens (primary N) is 1. The number of aliphatic hydroxyl groups excluding tert-OH is 1. The lowest BCUT2D eigenvalue weighted by atomic mass is 9.64. The van der Waals surface area contributed by atoms with Gasteiger partial charge in [0.15, 0.2) is 5.82 Å². The molecule has 0 aliphatic heterocycles. The van der Waals surface area contributed by atoms with Crippen molar-refractivity contribution in [3.63, 3.8) is 0 Å². The minimum atomic E-state index is -0.480. The highest BCUT2D eigenvalue weighted by molar-refractivity contribution is 5.63. The van der Waals surface area contributed by atoms with Crippen LogP contribution in [0.3, 0.4) is 0 Å². The molecule has 0 spiro atoms. The highest BCUT2D eigenvalue weighted by atomic mass is 16.5. The maximum atomic E-state index is 9.54. The fourth-order valence-corrected chi connectivity index (χ4v) is 4.02. The number of nitrogens with zero attached hydrogens (tertiary/aromatic N) is 6. The minimum absolute atomic E-state index is 0.243. The molecule has 9 heteroatoms. The lowest BCUT2D eigenvalue weighted by molar-refractivity contribution is 0.168. The SMILES string of the molecule is CC(O)Cn1cc(-c2nc(C3(c4ccc(-c5cnc(N)nc5)cc4)CCC3)no2)cn1. The third kappa shape index (κ3) is 3.57. The second-order valence-corrected chi connectivity index (χ2v) is 8.07. The summed E-state index contributed by atoms with van der Waals surface area (Å²) < 4.78 is 7.24. The number of anilines is 1. The van der Waals surface area contributed by atoms with Crippen molar-refractivity contribution in [1.82, 2.24) is 29.9 Å². The normalized spacial score (nSPS) is 16.1. The molecule has 3 aromatic heterocycles. The first-order chi connectivity index (χ1) is 15.0. The fraction of sp³-hybridized carbons (Fsp3) is 0.318. The van der Waals surface area contributed by atoms with Crippen LogP contribution in [0.4, 0.5) is 5.95 Å². The third-order valence-electron chi connectivity index (χ3n) is 5.84. The van der Waals surface area contributed by atoms with Crippen LogP contribution in [0, 0.1) is 0 Å². The van der Waals surface area contributed by atoms with E-state index in [-0.39, 0.29) is 11.4 Å².